The van der Waals surface area contributed by atoms with Crippen LogP contribution in [0.1, 0.15) is 0 Å². The molecule has 0 amide bonds. The molecule has 3 heterocycles. The number of thioether (sulfide) groups is 1. The second kappa shape index (κ2) is 3.96. The van der Waals surface area contributed by atoms with E-state index in [0.717, 1.165) is 23.1 Å². The van der Waals surface area contributed by atoms with Crippen LogP contribution in [-0.2, 0) is 6.54 Å². The molecule has 0 fully saturated rings. The fraction of sp³-hybridized carbons (Fsp3) is 0.154. The highest BCUT2D eigenvalue weighted by atomic mass is 32.2. The Bertz CT molecular complexity index is 822. The molecular weight excluding hydrogens is 260 g/mol. The van der Waals surface area contributed by atoms with Crippen molar-refractivity contribution in [3.05, 3.63) is 46.9 Å². The van der Waals surface area contributed by atoms with Crippen molar-refractivity contribution >= 4 is 22.8 Å². The maximum Gasteiger partial charge on any atom is 0.265 e. The van der Waals surface area contributed by atoms with Crippen molar-refractivity contribution in [2.45, 2.75) is 11.7 Å². The van der Waals surface area contributed by atoms with E-state index in [1.807, 2.05) is 30.3 Å². The summed E-state index contributed by atoms with van der Waals surface area (Å²) in [4.78, 5) is 16.9. The zero-order chi connectivity index (χ0) is 12.8. The highest BCUT2D eigenvalue weighted by Crippen LogP contribution is 2.24. The zero-order valence-corrected chi connectivity index (χ0v) is 10.8. The van der Waals surface area contributed by atoms with Crippen LogP contribution in [0.4, 0.5) is 0 Å². The summed E-state index contributed by atoms with van der Waals surface area (Å²) in [5, 5.41) is 5.66. The van der Waals surface area contributed by atoms with E-state index in [2.05, 4.69) is 10.1 Å². The van der Waals surface area contributed by atoms with Crippen molar-refractivity contribution < 1.29 is 0 Å². The van der Waals surface area contributed by atoms with Gasteiger partial charge in [0.2, 0.25) is 0 Å². The minimum absolute atomic E-state index is 0.00665. The second-order valence-corrected chi connectivity index (χ2v) is 5.39. The number of fused-ring (bicyclic) bond motifs is 2. The van der Waals surface area contributed by atoms with Gasteiger partial charge in [0.1, 0.15) is 5.39 Å². The first-order valence-corrected chi connectivity index (χ1v) is 7.00. The standard InChI is InChI=1S/C13H10N4OS/c18-12-10-8-14-17(9-4-2-1-3-5-9)11(10)15-13-16(12)6-7-19-13/h1-5,8H,6-7H2. The summed E-state index contributed by atoms with van der Waals surface area (Å²) in [6.45, 7) is 0.734. The Labute approximate surface area is 112 Å². The molecule has 19 heavy (non-hydrogen) atoms. The van der Waals surface area contributed by atoms with Gasteiger partial charge in [-0.2, -0.15) is 5.10 Å². The van der Waals surface area contributed by atoms with Crippen LogP contribution >= 0.6 is 11.8 Å². The second-order valence-electron chi connectivity index (χ2n) is 4.33. The molecule has 4 rings (SSSR count). The van der Waals surface area contributed by atoms with Crippen LogP contribution in [-0.4, -0.2) is 25.1 Å². The molecular formula is C13H10N4OS. The summed E-state index contributed by atoms with van der Waals surface area (Å²) in [5.74, 6) is 0.910. The highest BCUT2D eigenvalue weighted by Gasteiger charge is 2.19. The predicted molar refractivity (Wildman–Crippen MR) is 73.8 cm³/mol. The van der Waals surface area contributed by atoms with Crippen LogP contribution in [0.3, 0.4) is 0 Å². The molecule has 0 saturated heterocycles. The zero-order valence-electron chi connectivity index (χ0n) is 9.98. The van der Waals surface area contributed by atoms with Crippen molar-refractivity contribution in [1.82, 2.24) is 19.3 Å². The Morgan fingerprint density at radius 3 is 2.89 bits per heavy atom. The number of rotatable bonds is 1. The summed E-state index contributed by atoms with van der Waals surface area (Å²) in [7, 11) is 0. The lowest BCUT2D eigenvalue weighted by molar-refractivity contribution is 0.666. The van der Waals surface area contributed by atoms with Gasteiger partial charge in [-0.1, -0.05) is 30.0 Å². The van der Waals surface area contributed by atoms with Gasteiger partial charge in [0, 0.05) is 12.3 Å². The normalized spacial score (nSPS) is 13.9. The van der Waals surface area contributed by atoms with Crippen LogP contribution in [0.25, 0.3) is 16.7 Å². The Morgan fingerprint density at radius 1 is 1.21 bits per heavy atom. The average molecular weight is 270 g/mol. The maximum absolute atomic E-state index is 12.3. The summed E-state index contributed by atoms with van der Waals surface area (Å²) < 4.78 is 3.44. The Balaban J connectivity index is 2.05. The molecule has 0 radical (unpaired) electrons. The third-order valence-corrected chi connectivity index (χ3v) is 4.16. The van der Waals surface area contributed by atoms with Gasteiger partial charge in [-0.15, -0.1) is 0 Å². The van der Waals surface area contributed by atoms with Gasteiger partial charge < -0.3 is 0 Å². The van der Waals surface area contributed by atoms with Gasteiger partial charge in [-0.25, -0.2) is 9.67 Å². The summed E-state index contributed by atoms with van der Waals surface area (Å²) in [5.41, 5.74) is 1.56. The van der Waals surface area contributed by atoms with E-state index in [9.17, 15) is 4.79 Å². The molecule has 1 aliphatic heterocycles. The highest BCUT2D eigenvalue weighted by molar-refractivity contribution is 7.99. The molecule has 3 aromatic rings. The lowest BCUT2D eigenvalue weighted by atomic mass is 10.3. The van der Waals surface area contributed by atoms with E-state index < -0.39 is 0 Å². The van der Waals surface area contributed by atoms with Crippen LogP contribution in [0, 0.1) is 0 Å². The van der Waals surface area contributed by atoms with Gasteiger partial charge in [0.05, 0.1) is 11.9 Å². The first kappa shape index (κ1) is 10.8. The summed E-state index contributed by atoms with van der Waals surface area (Å²) >= 11 is 1.61. The Kier molecular flexibility index (Phi) is 2.25. The molecule has 0 atom stereocenters. The number of nitrogens with zero attached hydrogens (tertiary/aromatic N) is 4. The first-order chi connectivity index (χ1) is 9.34. The van der Waals surface area contributed by atoms with Crippen molar-refractivity contribution in [1.29, 1.82) is 0 Å². The molecule has 0 bridgehead atoms. The lowest BCUT2D eigenvalue weighted by Gasteiger charge is -2.04. The topological polar surface area (TPSA) is 52.7 Å². The smallest absolute Gasteiger partial charge is 0.265 e. The quantitative estimate of drug-likeness (QED) is 0.631. The number of hydrogen-bond donors (Lipinski definition) is 0. The monoisotopic (exact) mass is 270 g/mol. The number of aromatic nitrogens is 4. The molecule has 1 aliphatic rings. The maximum atomic E-state index is 12.3. The van der Waals surface area contributed by atoms with E-state index in [4.69, 9.17) is 0 Å². The minimum atomic E-state index is 0.00665. The molecule has 0 saturated carbocycles. The number of benzene rings is 1. The van der Waals surface area contributed by atoms with E-state index in [1.165, 1.54) is 0 Å². The molecule has 0 spiro atoms. The van der Waals surface area contributed by atoms with Crippen molar-refractivity contribution in [3.8, 4) is 5.69 Å². The third-order valence-electron chi connectivity index (χ3n) is 3.20. The molecule has 0 N–H and O–H groups in total. The van der Waals surface area contributed by atoms with Crippen molar-refractivity contribution in [2.24, 2.45) is 0 Å². The van der Waals surface area contributed by atoms with Gasteiger partial charge >= 0.3 is 0 Å². The van der Waals surface area contributed by atoms with Crippen molar-refractivity contribution in [2.75, 3.05) is 5.75 Å². The minimum Gasteiger partial charge on any atom is -0.286 e. The molecule has 6 heteroatoms. The van der Waals surface area contributed by atoms with Gasteiger partial charge in [0.25, 0.3) is 5.56 Å². The number of para-hydroxylation sites is 1. The largest absolute Gasteiger partial charge is 0.286 e. The summed E-state index contributed by atoms with van der Waals surface area (Å²) in [6, 6.07) is 9.74. The summed E-state index contributed by atoms with van der Waals surface area (Å²) in [6.07, 6.45) is 1.61. The molecule has 2 aromatic heterocycles. The van der Waals surface area contributed by atoms with Gasteiger partial charge in [-0.05, 0) is 12.1 Å². The third kappa shape index (κ3) is 1.53. The van der Waals surface area contributed by atoms with Crippen molar-refractivity contribution in [3.63, 3.8) is 0 Å². The van der Waals surface area contributed by atoms with E-state index in [0.29, 0.717) is 11.0 Å². The van der Waals surface area contributed by atoms with Crippen LogP contribution in [0.15, 0.2) is 46.5 Å². The average Bonchev–Trinajstić information content (AvgIpc) is 3.07. The SMILES string of the molecule is O=c1c2cnn(-c3ccccc3)c2nc2n1CCS2. The molecule has 5 nitrogen and oxygen atoms in total. The first-order valence-electron chi connectivity index (χ1n) is 6.01. The van der Waals surface area contributed by atoms with Crippen LogP contribution in [0.5, 0.6) is 0 Å². The molecule has 1 aromatic carbocycles. The van der Waals surface area contributed by atoms with Crippen LogP contribution in [0.2, 0.25) is 0 Å². The fourth-order valence-electron chi connectivity index (χ4n) is 2.28. The van der Waals surface area contributed by atoms with Gasteiger partial charge in [0.15, 0.2) is 10.8 Å². The Morgan fingerprint density at radius 2 is 2.05 bits per heavy atom. The molecule has 0 aliphatic carbocycles. The fourth-order valence-corrected chi connectivity index (χ4v) is 3.21. The molecule has 94 valence electrons. The van der Waals surface area contributed by atoms with Crippen LogP contribution < -0.4 is 5.56 Å². The Hall–Kier alpha value is -2.08. The van der Waals surface area contributed by atoms with E-state index >= 15 is 0 Å². The lowest BCUT2D eigenvalue weighted by Crippen LogP contribution is -2.20. The van der Waals surface area contributed by atoms with E-state index in [-0.39, 0.29) is 5.56 Å². The van der Waals surface area contributed by atoms with E-state index in [1.54, 1.807) is 27.2 Å². The molecule has 0 unspecified atom stereocenters. The number of hydrogen-bond acceptors (Lipinski definition) is 4. The predicted octanol–water partition coefficient (Wildman–Crippen LogP) is 1.69. The van der Waals surface area contributed by atoms with Gasteiger partial charge in [-0.3, -0.25) is 9.36 Å².